The largest absolute Gasteiger partial charge is 0.493 e. The monoisotopic (exact) mass is 315 g/mol. The highest BCUT2D eigenvalue weighted by molar-refractivity contribution is 6.02. The number of benzene rings is 1. The average molecular weight is 315 g/mol. The molecular weight excluding hydrogens is 294 g/mol. The number of ether oxygens (including phenoxy) is 2. The zero-order valence-electron chi connectivity index (χ0n) is 13.7. The number of carbonyl (C=O) groups is 2. The van der Waals surface area contributed by atoms with E-state index in [4.69, 9.17) is 9.47 Å². The molecule has 0 aliphatic heterocycles. The predicted octanol–water partition coefficient (Wildman–Crippen LogP) is 4.03. The van der Waals surface area contributed by atoms with Crippen molar-refractivity contribution in [1.82, 2.24) is 4.57 Å². The van der Waals surface area contributed by atoms with E-state index in [9.17, 15) is 9.59 Å². The third-order valence-corrected chi connectivity index (χ3v) is 3.75. The molecule has 0 spiro atoms. The van der Waals surface area contributed by atoms with Gasteiger partial charge in [-0.3, -0.25) is 9.36 Å². The number of hydrogen-bond acceptors (Lipinski definition) is 4. The Kier molecular flexibility index (Phi) is 3.88. The molecule has 122 valence electrons. The molecule has 3 rings (SSSR count). The van der Waals surface area contributed by atoms with E-state index in [0.717, 1.165) is 6.29 Å². The molecular formula is C18H21NO4. The van der Waals surface area contributed by atoms with Crippen LogP contribution in [-0.4, -0.2) is 29.2 Å². The van der Waals surface area contributed by atoms with Gasteiger partial charge in [0.1, 0.15) is 11.4 Å². The number of nitrogens with zero attached hydrogens (tertiary/aromatic N) is 1. The molecule has 2 aromatic rings. The van der Waals surface area contributed by atoms with E-state index in [1.165, 1.54) is 17.4 Å². The van der Waals surface area contributed by atoms with Crippen molar-refractivity contribution in [3.05, 3.63) is 30.0 Å². The lowest BCUT2D eigenvalue weighted by Gasteiger charge is -2.19. The van der Waals surface area contributed by atoms with E-state index in [1.54, 1.807) is 24.4 Å². The number of aromatic nitrogens is 1. The predicted molar refractivity (Wildman–Crippen MR) is 87.2 cm³/mol. The van der Waals surface area contributed by atoms with Crippen LogP contribution in [0.25, 0.3) is 10.9 Å². The van der Waals surface area contributed by atoms with E-state index >= 15 is 0 Å². The SMILES string of the molecule is CC(C)(C)OC(=O)n1ccc2c(C=O)c(OCC3CC3)ccc21. The van der Waals surface area contributed by atoms with Gasteiger partial charge in [0.05, 0.1) is 17.7 Å². The smallest absolute Gasteiger partial charge is 0.418 e. The summed E-state index contributed by atoms with van der Waals surface area (Å²) in [7, 11) is 0. The molecule has 1 aliphatic rings. The molecule has 0 saturated heterocycles. The summed E-state index contributed by atoms with van der Waals surface area (Å²) >= 11 is 0. The number of fused-ring (bicyclic) bond motifs is 1. The van der Waals surface area contributed by atoms with Crippen molar-refractivity contribution < 1.29 is 19.1 Å². The van der Waals surface area contributed by atoms with Crippen LogP contribution in [0.4, 0.5) is 4.79 Å². The van der Waals surface area contributed by atoms with Gasteiger partial charge in [-0.15, -0.1) is 0 Å². The lowest BCUT2D eigenvalue weighted by Crippen LogP contribution is -2.26. The van der Waals surface area contributed by atoms with Gasteiger partial charge in [-0.05, 0) is 57.7 Å². The van der Waals surface area contributed by atoms with Crippen LogP contribution < -0.4 is 4.74 Å². The number of hydrogen-bond donors (Lipinski definition) is 0. The third-order valence-electron chi connectivity index (χ3n) is 3.75. The molecule has 1 heterocycles. The van der Waals surface area contributed by atoms with Crippen LogP contribution in [0.1, 0.15) is 44.0 Å². The summed E-state index contributed by atoms with van der Waals surface area (Å²) in [5.74, 6) is 1.18. The lowest BCUT2D eigenvalue weighted by molar-refractivity contribution is 0.0544. The van der Waals surface area contributed by atoms with Crippen LogP contribution in [0.15, 0.2) is 24.4 Å². The topological polar surface area (TPSA) is 57.5 Å². The highest BCUT2D eigenvalue weighted by atomic mass is 16.6. The van der Waals surface area contributed by atoms with Gasteiger partial charge in [0, 0.05) is 11.6 Å². The Morgan fingerprint density at radius 3 is 2.65 bits per heavy atom. The fourth-order valence-corrected chi connectivity index (χ4v) is 2.43. The Balaban J connectivity index is 1.93. The molecule has 1 aliphatic carbocycles. The van der Waals surface area contributed by atoms with Crippen molar-refractivity contribution >= 4 is 23.3 Å². The van der Waals surface area contributed by atoms with Gasteiger partial charge in [-0.2, -0.15) is 0 Å². The van der Waals surface area contributed by atoms with Crippen LogP contribution in [0.3, 0.4) is 0 Å². The molecule has 0 unspecified atom stereocenters. The maximum absolute atomic E-state index is 12.3. The number of rotatable bonds is 4. The lowest BCUT2D eigenvalue weighted by atomic mass is 10.1. The maximum Gasteiger partial charge on any atom is 0.418 e. The Morgan fingerprint density at radius 2 is 2.04 bits per heavy atom. The summed E-state index contributed by atoms with van der Waals surface area (Å²) in [5, 5.41) is 0.694. The Hall–Kier alpha value is -2.30. The fourth-order valence-electron chi connectivity index (χ4n) is 2.43. The third kappa shape index (κ3) is 3.38. The molecule has 5 heteroatoms. The summed E-state index contributed by atoms with van der Waals surface area (Å²) < 4.78 is 12.6. The van der Waals surface area contributed by atoms with E-state index < -0.39 is 11.7 Å². The molecule has 23 heavy (non-hydrogen) atoms. The molecule has 1 fully saturated rings. The summed E-state index contributed by atoms with van der Waals surface area (Å²) in [6.07, 6.45) is 4.32. The number of carbonyl (C=O) groups excluding carboxylic acids is 2. The molecule has 1 saturated carbocycles. The van der Waals surface area contributed by atoms with Gasteiger partial charge in [-0.25, -0.2) is 4.79 Å². The zero-order valence-corrected chi connectivity index (χ0v) is 13.7. The van der Waals surface area contributed by atoms with Gasteiger partial charge < -0.3 is 9.47 Å². The second kappa shape index (κ2) is 5.72. The highest BCUT2D eigenvalue weighted by Gasteiger charge is 2.24. The van der Waals surface area contributed by atoms with Crippen molar-refractivity contribution in [3.63, 3.8) is 0 Å². The Morgan fingerprint density at radius 1 is 1.30 bits per heavy atom. The van der Waals surface area contributed by atoms with Gasteiger partial charge in [-0.1, -0.05) is 0 Å². The van der Waals surface area contributed by atoms with Crippen molar-refractivity contribution in [2.24, 2.45) is 5.92 Å². The molecule has 0 N–H and O–H groups in total. The van der Waals surface area contributed by atoms with Crippen molar-refractivity contribution in [2.75, 3.05) is 6.61 Å². The molecule has 5 nitrogen and oxygen atoms in total. The molecule has 0 radical (unpaired) electrons. The van der Waals surface area contributed by atoms with Crippen molar-refractivity contribution in [3.8, 4) is 5.75 Å². The summed E-state index contributed by atoms with van der Waals surface area (Å²) in [4.78, 5) is 23.8. The van der Waals surface area contributed by atoms with E-state index in [0.29, 0.717) is 34.7 Å². The van der Waals surface area contributed by atoms with E-state index in [-0.39, 0.29) is 0 Å². The molecule has 0 bridgehead atoms. The number of aldehydes is 1. The van der Waals surface area contributed by atoms with E-state index in [2.05, 4.69) is 0 Å². The molecule has 0 amide bonds. The zero-order chi connectivity index (χ0) is 16.6. The minimum Gasteiger partial charge on any atom is -0.493 e. The second-order valence-corrected chi connectivity index (χ2v) is 6.95. The van der Waals surface area contributed by atoms with Crippen molar-refractivity contribution in [1.29, 1.82) is 0 Å². The molecule has 0 atom stereocenters. The van der Waals surface area contributed by atoms with Crippen LogP contribution in [0.5, 0.6) is 5.75 Å². The van der Waals surface area contributed by atoms with Gasteiger partial charge >= 0.3 is 6.09 Å². The molecule has 1 aromatic heterocycles. The van der Waals surface area contributed by atoms with Crippen LogP contribution in [-0.2, 0) is 4.74 Å². The van der Waals surface area contributed by atoms with Gasteiger partial charge in [0.15, 0.2) is 6.29 Å². The van der Waals surface area contributed by atoms with Crippen LogP contribution >= 0.6 is 0 Å². The average Bonchev–Trinajstić information content (AvgIpc) is 3.19. The molecule has 1 aromatic carbocycles. The standard InChI is InChI=1S/C18H21NO4/c1-18(2,3)23-17(21)19-9-8-13-14(10-20)16(7-6-15(13)19)22-11-12-4-5-12/h6-10,12H,4-5,11H2,1-3H3. The Bertz CT molecular complexity index is 750. The maximum atomic E-state index is 12.3. The highest BCUT2D eigenvalue weighted by Crippen LogP contribution is 2.32. The minimum absolute atomic E-state index is 0.462. The van der Waals surface area contributed by atoms with Crippen LogP contribution in [0.2, 0.25) is 0 Å². The first kappa shape index (κ1) is 15.6. The summed E-state index contributed by atoms with van der Waals surface area (Å²) in [6.45, 7) is 6.09. The summed E-state index contributed by atoms with van der Waals surface area (Å²) in [6, 6.07) is 5.27. The van der Waals surface area contributed by atoms with Crippen LogP contribution in [0, 0.1) is 5.92 Å². The fraction of sp³-hybridized carbons (Fsp3) is 0.444. The quantitative estimate of drug-likeness (QED) is 0.799. The van der Waals surface area contributed by atoms with Gasteiger partial charge in [0.2, 0.25) is 0 Å². The first-order valence-electron chi connectivity index (χ1n) is 7.84. The minimum atomic E-state index is -0.575. The Labute approximate surface area is 135 Å². The van der Waals surface area contributed by atoms with Crippen molar-refractivity contribution in [2.45, 2.75) is 39.2 Å². The van der Waals surface area contributed by atoms with E-state index in [1.807, 2.05) is 20.8 Å². The van der Waals surface area contributed by atoms with Gasteiger partial charge in [0.25, 0.3) is 0 Å². The normalized spacial score (nSPS) is 14.7. The summed E-state index contributed by atoms with van der Waals surface area (Å²) in [5.41, 5.74) is 0.541. The first-order valence-corrected chi connectivity index (χ1v) is 7.84. The first-order chi connectivity index (χ1) is 10.9. The second-order valence-electron chi connectivity index (χ2n) is 6.95.